The van der Waals surface area contributed by atoms with E-state index in [0.29, 0.717) is 16.8 Å². The second-order valence-electron chi connectivity index (χ2n) is 4.87. The zero-order valence-corrected chi connectivity index (χ0v) is 11.7. The van der Waals surface area contributed by atoms with Crippen LogP contribution in [-0.4, -0.2) is 24.8 Å². The first-order valence-corrected chi connectivity index (χ1v) is 6.79. The Hall–Kier alpha value is -0.930. The van der Waals surface area contributed by atoms with Crippen LogP contribution in [0.1, 0.15) is 30.4 Å². The van der Waals surface area contributed by atoms with Gasteiger partial charge in [-0.25, -0.2) is 0 Å². The predicted octanol–water partition coefficient (Wildman–Crippen LogP) is 3.05. The molecular weight excluding hydrogens is 250 g/mol. The van der Waals surface area contributed by atoms with E-state index in [0.717, 1.165) is 30.5 Å². The van der Waals surface area contributed by atoms with Gasteiger partial charge in [-0.1, -0.05) is 18.0 Å². The molecule has 3 nitrogen and oxygen atoms in total. The number of nitrogens with one attached hydrogen (secondary N) is 1. The highest BCUT2D eigenvalue weighted by Gasteiger charge is 2.20. The van der Waals surface area contributed by atoms with E-state index < -0.39 is 0 Å². The molecule has 0 spiro atoms. The second-order valence-corrected chi connectivity index (χ2v) is 5.27. The van der Waals surface area contributed by atoms with Gasteiger partial charge in [-0.2, -0.15) is 0 Å². The molecule has 1 aliphatic rings. The molecule has 0 aromatic heterocycles. The van der Waals surface area contributed by atoms with Gasteiger partial charge in [0.2, 0.25) is 0 Å². The molecule has 0 bridgehead atoms. The highest BCUT2D eigenvalue weighted by Crippen LogP contribution is 2.38. The van der Waals surface area contributed by atoms with E-state index in [2.05, 4.69) is 5.32 Å². The molecule has 0 radical (unpaired) electrons. The lowest BCUT2D eigenvalue weighted by Gasteiger charge is -2.25. The normalized spacial score (nSPS) is 19.8. The van der Waals surface area contributed by atoms with E-state index in [4.69, 9.17) is 16.3 Å². The molecule has 0 aliphatic carbocycles. The average molecular weight is 270 g/mol. The van der Waals surface area contributed by atoms with Crippen LogP contribution in [0.2, 0.25) is 5.02 Å². The van der Waals surface area contributed by atoms with Crippen molar-refractivity contribution < 1.29 is 9.84 Å². The summed E-state index contributed by atoms with van der Waals surface area (Å²) < 4.78 is 5.32. The number of halogens is 1. The molecule has 0 saturated carbocycles. The number of aromatic hydroxyl groups is 1. The van der Waals surface area contributed by atoms with E-state index >= 15 is 0 Å². The maximum Gasteiger partial charge on any atom is 0.164 e. The Morgan fingerprint density at radius 2 is 2.28 bits per heavy atom. The summed E-state index contributed by atoms with van der Waals surface area (Å²) in [7, 11) is 1.58. The van der Waals surface area contributed by atoms with E-state index in [1.807, 2.05) is 6.92 Å². The molecule has 1 unspecified atom stereocenters. The Morgan fingerprint density at radius 1 is 1.50 bits per heavy atom. The van der Waals surface area contributed by atoms with Gasteiger partial charge in [0, 0.05) is 22.7 Å². The van der Waals surface area contributed by atoms with Gasteiger partial charge in [-0.15, -0.1) is 0 Å². The molecule has 1 aromatic rings. The molecule has 0 amide bonds. The summed E-state index contributed by atoms with van der Waals surface area (Å²) in [5.41, 5.74) is 2.01. The van der Waals surface area contributed by atoms with E-state index in [1.165, 1.54) is 12.8 Å². The van der Waals surface area contributed by atoms with E-state index in [1.54, 1.807) is 13.2 Å². The fraction of sp³-hybridized carbons (Fsp3) is 0.571. The maximum absolute atomic E-state index is 9.90. The Balaban J connectivity index is 2.29. The van der Waals surface area contributed by atoms with Crippen molar-refractivity contribution in [2.45, 2.75) is 38.6 Å². The SMILES string of the molecule is COc1c(O)cc(Cl)c(C)c1CC1CCCCN1. The lowest BCUT2D eigenvalue weighted by atomic mass is 9.94. The Kier molecular flexibility index (Phi) is 4.36. The van der Waals surface area contributed by atoms with Crippen molar-refractivity contribution in [3.8, 4) is 11.5 Å². The van der Waals surface area contributed by atoms with Crippen molar-refractivity contribution in [2.24, 2.45) is 0 Å². The summed E-state index contributed by atoms with van der Waals surface area (Å²) in [6, 6.07) is 2.00. The van der Waals surface area contributed by atoms with Gasteiger partial charge in [0.25, 0.3) is 0 Å². The molecule has 100 valence electrons. The molecule has 1 heterocycles. The zero-order valence-electron chi connectivity index (χ0n) is 10.9. The van der Waals surface area contributed by atoms with Crippen LogP contribution in [0.15, 0.2) is 6.07 Å². The van der Waals surface area contributed by atoms with Crippen LogP contribution < -0.4 is 10.1 Å². The first kappa shape index (κ1) is 13.5. The van der Waals surface area contributed by atoms with Gasteiger partial charge >= 0.3 is 0 Å². The number of ether oxygens (including phenoxy) is 1. The number of rotatable bonds is 3. The third kappa shape index (κ3) is 2.73. The number of phenols is 1. The molecule has 2 rings (SSSR count). The lowest BCUT2D eigenvalue weighted by molar-refractivity contribution is 0.358. The fourth-order valence-electron chi connectivity index (χ4n) is 2.58. The van der Waals surface area contributed by atoms with Crippen LogP contribution in [0, 0.1) is 6.92 Å². The summed E-state index contributed by atoms with van der Waals surface area (Å²) in [6.07, 6.45) is 4.51. The number of benzene rings is 1. The maximum atomic E-state index is 9.90. The average Bonchev–Trinajstić information content (AvgIpc) is 2.37. The van der Waals surface area contributed by atoms with Crippen LogP contribution in [-0.2, 0) is 6.42 Å². The minimum Gasteiger partial charge on any atom is -0.504 e. The minimum absolute atomic E-state index is 0.124. The molecule has 4 heteroatoms. The third-order valence-electron chi connectivity index (χ3n) is 3.65. The Bertz CT molecular complexity index is 428. The number of hydrogen-bond acceptors (Lipinski definition) is 3. The molecular formula is C14H20ClNO2. The molecule has 1 aromatic carbocycles. The van der Waals surface area contributed by atoms with Gasteiger partial charge < -0.3 is 15.2 Å². The molecule has 1 aliphatic heterocycles. The van der Waals surface area contributed by atoms with E-state index in [-0.39, 0.29) is 5.75 Å². The highest BCUT2D eigenvalue weighted by atomic mass is 35.5. The van der Waals surface area contributed by atoms with E-state index in [9.17, 15) is 5.11 Å². The number of phenolic OH excluding ortho intramolecular Hbond substituents is 1. The highest BCUT2D eigenvalue weighted by molar-refractivity contribution is 6.31. The standard InChI is InChI=1S/C14H20ClNO2/c1-9-11(7-10-5-3-4-6-16-10)14(18-2)13(17)8-12(9)15/h8,10,16-17H,3-7H2,1-2H3. The summed E-state index contributed by atoms with van der Waals surface area (Å²) in [5, 5.41) is 14.0. The number of hydrogen-bond donors (Lipinski definition) is 2. The Morgan fingerprint density at radius 3 is 2.89 bits per heavy atom. The number of piperidine rings is 1. The minimum atomic E-state index is 0.124. The Labute approximate surface area is 113 Å². The van der Waals surface area contributed by atoms with Crippen molar-refractivity contribution in [1.29, 1.82) is 0 Å². The van der Waals surface area contributed by atoms with Crippen molar-refractivity contribution in [3.63, 3.8) is 0 Å². The third-order valence-corrected chi connectivity index (χ3v) is 4.04. The monoisotopic (exact) mass is 269 g/mol. The van der Waals surface area contributed by atoms with Gasteiger partial charge in [-0.3, -0.25) is 0 Å². The molecule has 1 fully saturated rings. The van der Waals surface area contributed by atoms with Crippen molar-refractivity contribution >= 4 is 11.6 Å². The lowest BCUT2D eigenvalue weighted by Crippen LogP contribution is -2.35. The molecule has 18 heavy (non-hydrogen) atoms. The zero-order chi connectivity index (χ0) is 13.1. The van der Waals surface area contributed by atoms with Gasteiger partial charge in [0.15, 0.2) is 11.5 Å². The fourth-order valence-corrected chi connectivity index (χ4v) is 2.80. The predicted molar refractivity (Wildman–Crippen MR) is 73.8 cm³/mol. The van der Waals surface area contributed by atoms with Crippen molar-refractivity contribution in [2.75, 3.05) is 13.7 Å². The molecule has 1 saturated heterocycles. The topological polar surface area (TPSA) is 41.5 Å². The van der Waals surface area contributed by atoms with Crippen LogP contribution in [0.3, 0.4) is 0 Å². The first-order valence-electron chi connectivity index (χ1n) is 6.41. The summed E-state index contributed by atoms with van der Waals surface area (Å²) in [6.45, 7) is 3.04. The van der Waals surface area contributed by atoms with Crippen molar-refractivity contribution in [3.05, 3.63) is 22.2 Å². The summed E-state index contributed by atoms with van der Waals surface area (Å²) in [5.74, 6) is 0.684. The van der Waals surface area contributed by atoms with Crippen LogP contribution in [0.25, 0.3) is 0 Å². The number of methoxy groups -OCH3 is 1. The van der Waals surface area contributed by atoms with Gasteiger partial charge in [0.1, 0.15) is 0 Å². The summed E-state index contributed by atoms with van der Waals surface area (Å²) in [4.78, 5) is 0. The van der Waals surface area contributed by atoms with Gasteiger partial charge in [-0.05, 0) is 38.3 Å². The summed E-state index contributed by atoms with van der Waals surface area (Å²) >= 11 is 6.13. The largest absolute Gasteiger partial charge is 0.504 e. The molecule has 2 N–H and O–H groups in total. The first-order chi connectivity index (χ1) is 8.63. The van der Waals surface area contributed by atoms with Crippen LogP contribution in [0.4, 0.5) is 0 Å². The van der Waals surface area contributed by atoms with Crippen molar-refractivity contribution in [1.82, 2.24) is 5.32 Å². The van der Waals surface area contributed by atoms with Gasteiger partial charge in [0.05, 0.1) is 7.11 Å². The quantitative estimate of drug-likeness (QED) is 0.886. The molecule has 1 atom stereocenters. The smallest absolute Gasteiger partial charge is 0.164 e. The van der Waals surface area contributed by atoms with Crippen LogP contribution in [0.5, 0.6) is 11.5 Å². The second kappa shape index (κ2) is 5.81. The van der Waals surface area contributed by atoms with Crippen LogP contribution >= 0.6 is 11.6 Å².